The molecule has 3 aliphatic heterocycles. The molecule has 34 heavy (non-hydrogen) atoms. The zero-order chi connectivity index (χ0) is 23.6. The highest BCUT2D eigenvalue weighted by atomic mass is 16.7. The lowest BCUT2D eigenvalue weighted by atomic mass is 9.69. The first-order valence-electron chi connectivity index (χ1n) is 11.8. The Morgan fingerprint density at radius 2 is 1.76 bits per heavy atom. The molecule has 1 aliphatic carbocycles. The molecular formula is C28H29NO5. The van der Waals surface area contributed by atoms with Crippen molar-refractivity contribution >= 4 is 11.5 Å². The van der Waals surface area contributed by atoms with Crippen molar-refractivity contribution in [3.63, 3.8) is 0 Å². The van der Waals surface area contributed by atoms with Gasteiger partial charge in [-0.2, -0.15) is 0 Å². The molecule has 3 heterocycles. The van der Waals surface area contributed by atoms with Gasteiger partial charge in [-0.05, 0) is 59.7 Å². The van der Waals surface area contributed by atoms with Gasteiger partial charge in [-0.3, -0.25) is 4.79 Å². The third-order valence-electron chi connectivity index (χ3n) is 7.39. The molecule has 6 rings (SSSR count). The van der Waals surface area contributed by atoms with E-state index in [0.29, 0.717) is 12.2 Å². The summed E-state index contributed by atoms with van der Waals surface area (Å²) in [6.07, 6.45) is 4.56. The van der Waals surface area contributed by atoms with E-state index >= 15 is 0 Å². The molecule has 6 heteroatoms. The van der Waals surface area contributed by atoms with Crippen LogP contribution in [0, 0.1) is 5.41 Å². The van der Waals surface area contributed by atoms with Gasteiger partial charge in [-0.1, -0.05) is 19.9 Å². The summed E-state index contributed by atoms with van der Waals surface area (Å²) in [6, 6.07) is 10.2. The quantitative estimate of drug-likeness (QED) is 0.639. The van der Waals surface area contributed by atoms with Crippen LogP contribution in [0.15, 0.2) is 47.7 Å². The second-order valence-corrected chi connectivity index (χ2v) is 10.2. The monoisotopic (exact) mass is 459 g/mol. The average molecular weight is 460 g/mol. The van der Waals surface area contributed by atoms with Gasteiger partial charge in [0.1, 0.15) is 0 Å². The molecule has 2 aromatic carbocycles. The molecule has 0 fully saturated rings. The Morgan fingerprint density at radius 1 is 1.00 bits per heavy atom. The fourth-order valence-corrected chi connectivity index (χ4v) is 5.83. The Kier molecular flexibility index (Phi) is 4.70. The van der Waals surface area contributed by atoms with E-state index in [2.05, 4.69) is 43.0 Å². The smallest absolute Gasteiger partial charge is 0.231 e. The van der Waals surface area contributed by atoms with Gasteiger partial charge in [-0.25, -0.2) is 0 Å². The second-order valence-electron chi connectivity index (χ2n) is 10.2. The van der Waals surface area contributed by atoms with Crippen molar-refractivity contribution in [2.45, 2.75) is 39.0 Å². The maximum atomic E-state index is 13.6. The second kappa shape index (κ2) is 7.55. The van der Waals surface area contributed by atoms with Crippen molar-refractivity contribution in [3.8, 4) is 23.0 Å². The Morgan fingerprint density at radius 3 is 2.56 bits per heavy atom. The first-order chi connectivity index (χ1) is 16.4. The van der Waals surface area contributed by atoms with E-state index in [1.54, 1.807) is 14.2 Å². The maximum absolute atomic E-state index is 13.6. The van der Waals surface area contributed by atoms with E-state index in [1.165, 1.54) is 5.56 Å². The summed E-state index contributed by atoms with van der Waals surface area (Å²) in [5.74, 6) is 3.04. The number of carbonyl (C=O) groups is 1. The standard InChI is InChI=1S/C28H29NO5/c1-28(2)13-21-27(22(30)14-28)19(16-5-6-23-26(10-16)34-15-33-23)11-20-18-12-25(32-4)24(31-3)9-17(18)7-8-29(20)21/h5-6,9-12,19H,7-8,13-15H2,1-4H3/t19-/m0/s1. The highest BCUT2D eigenvalue weighted by molar-refractivity contribution is 6.01. The predicted octanol–water partition coefficient (Wildman–Crippen LogP) is 5.07. The Balaban J connectivity index is 1.54. The van der Waals surface area contributed by atoms with Crippen LogP contribution in [0.1, 0.15) is 49.3 Å². The molecule has 2 aromatic rings. The van der Waals surface area contributed by atoms with Crippen LogP contribution < -0.4 is 18.9 Å². The number of hydrogen-bond acceptors (Lipinski definition) is 6. The van der Waals surface area contributed by atoms with E-state index in [4.69, 9.17) is 18.9 Å². The Bertz CT molecular complexity index is 1270. The van der Waals surface area contributed by atoms with Crippen molar-refractivity contribution in [3.05, 3.63) is 64.4 Å². The van der Waals surface area contributed by atoms with Crippen molar-refractivity contribution in [2.24, 2.45) is 5.41 Å². The first kappa shape index (κ1) is 21.1. The molecule has 0 saturated carbocycles. The zero-order valence-electron chi connectivity index (χ0n) is 20.1. The third-order valence-corrected chi connectivity index (χ3v) is 7.39. The minimum atomic E-state index is -0.140. The number of ether oxygens (including phenoxy) is 4. The lowest BCUT2D eigenvalue weighted by molar-refractivity contribution is -0.118. The summed E-state index contributed by atoms with van der Waals surface area (Å²) in [5, 5.41) is 0. The van der Waals surface area contributed by atoms with Gasteiger partial charge < -0.3 is 23.8 Å². The number of fused-ring (bicyclic) bond motifs is 5. The number of ketones is 1. The molecule has 0 N–H and O–H groups in total. The minimum Gasteiger partial charge on any atom is -0.493 e. The topological polar surface area (TPSA) is 57.2 Å². The summed E-state index contributed by atoms with van der Waals surface area (Å²) < 4.78 is 22.4. The fraction of sp³-hybridized carbons (Fsp3) is 0.393. The molecule has 176 valence electrons. The summed E-state index contributed by atoms with van der Waals surface area (Å²) in [6.45, 7) is 5.45. The van der Waals surface area contributed by atoms with Gasteiger partial charge in [0.2, 0.25) is 6.79 Å². The number of hydrogen-bond donors (Lipinski definition) is 0. The van der Waals surface area contributed by atoms with Gasteiger partial charge in [-0.15, -0.1) is 0 Å². The summed E-state index contributed by atoms with van der Waals surface area (Å²) in [5.41, 5.74) is 6.55. The van der Waals surface area contributed by atoms with Crippen LogP contribution in [-0.4, -0.2) is 38.2 Å². The van der Waals surface area contributed by atoms with Crippen LogP contribution in [0.3, 0.4) is 0 Å². The number of methoxy groups -OCH3 is 2. The number of Topliss-reactive ketones (excluding diaryl/α,β-unsaturated/α-hetero) is 1. The van der Waals surface area contributed by atoms with Gasteiger partial charge >= 0.3 is 0 Å². The lowest BCUT2D eigenvalue weighted by Crippen LogP contribution is -2.40. The minimum absolute atomic E-state index is 0.0737. The molecular weight excluding hydrogens is 430 g/mol. The number of rotatable bonds is 3. The molecule has 0 aromatic heterocycles. The summed E-state index contributed by atoms with van der Waals surface area (Å²) in [4.78, 5) is 15.9. The molecule has 0 spiro atoms. The summed E-state index contributed by atoms with van der Waals surface area (Å²) >= 11 is 0. The van der Waals surface area contributed by atoms with Crippen molar-refractivity contribution in [1.29, 1.82) is 0 Å². The van der Waals surface area contributed by atoms with Crippen LogP contribution in [0.2, 0.25) is 0 Å². The SMILES string of the molecule is COc1cc2c(cc1OC)C1=C[C@@H](c3ccc4c(c3)OCO4)C3=C(CC(C)(C)CC3=O)N1CC2. The molecule has 0 unspecified atom stereocenters. The normalized spacial score (nSPS) is 22.0. The van der Waals surface area contributed by atoms with Gasteiger partial charge in [0.05, 0.1) is 14.2 Å². The van der Waals surface area contributed by atoms with E-state index in [-0.39, 0.29) is 23.9 Å². The van der Waals surface area contributed by atoms with Crippen molar-refractivity contribution in [1.82, 2.24) is 4.90 Å². The molecule has 1 atom stereocenters. The average Bonchev–Trinajstić information content (AvgIpc) is 3.29. The highest BCUT2D eigenvalue weighted by Gasteiger charge is 2.43. The molecule has 0 saturated heterocycles. The van der Waals surface area contributed by atoms with Gasteiger partial charge in [0.25, 0.3) is 0 Å². The largest absolute Gasteiger partial charge is 0.493 e. The highest BCUT2D eigenvalue weighted by Crippen LogP contribution is 2.51. The number of nitrogens with zero attached hydrogens (tertiary/aromatic N) is 1. The van der Waals surface area contributed by atoms with Crippen LogP contribution >= 0.6 is 0 Å². The van der Waals surface area contributed by atoms with Crippen LogP contribution in [0.5, 0.6) is 23.0 Å². The van der Waals surface area contributed by atoms with E-state index in [1.807, 2.05) is 12.1 Å². The van der Waals surface area contributed by atoms with Crippen LogP contribution in [0.4, 0.5) is 0 Å². The molecule has 0 amide bonds. The molecule has 4 aliphatic rings. The molecule has 6 nitrogen and oxygen atoms in total. The summed E-state index contributed by atoms with van der Waals surface area (Å²) in [7, 11) is 3.33. The fourth-order valence-electron chi connectivity index (χ4n) is 5.83. The molecule has 0 radical (unpaired) electrons. The molecule has 0 bridgehead atoms. The predicted molar refractivity (Wildman–Crippen MR) is 128 cm³/mol. The van der Waals surface area contributed by atoms with E-state index in [0.717, 1.165) is 64.7 Å². The van der Waals surface area contributed by atoms with Crippen molar-refractivity contribution in [2.75, 3.05) is 27.6 Å². The number of allylic oxidation sites excluding steroid dienone is 3. The van der Waals surface area contributed by atoms with E-state index < -0.39 is 0 Å². The number of benzene rings is 2. The Labute approximate surface area is 199 Å². The van der Waals surface area contributed by atoms with Gasteiger partial charge in [0.15, 0.2) is 28.8 Å². The Hall–Kier alpha value is -3.41. The third kappa shape index (κ3) is 3.19. The van der Waals surface area contributed by atoms with Crippen LogP contribution in [0.25, 0.3) is 5.70 Å². The van der Waals surface area contributed by atoms with Gasteiger partial charge in [0, 0.05) is 41.4 Å². The van der Waals surface area contributed by atoms with E-state index in [9.17, 15) is 4.79 Å². The van der Waals surface area contributed by atoms with Crippen molar-refractivity contribution < 1.29 is 23.7 Å². The van der Waals surface area contributed by atoms with Crippen LogP contribution in [-0.2, 0) is 11.2 Å². The first-order valence-corrected chi connectivity index (χ1v) is 11.8. The number of carbonyl (C=O) groups excluding carboxylic acids is 1. The lowest BCUT2D eigenvalue weighted by Gasteiger charge is -2.46. The zero-order valence-corrected chi connectivity index (χ0v) is 20.1. The maximum Gasteiger partial charge on any atom is 0.231 e.